The lowest BCUT2D eigenvalue weighted by molar-refractivity contribution is -0.385. The Morgan fingerprint density at radius 2 is 1.64 bits per heavy atom. The van der Waals surface area contributed by atoms with Crippen LogP contribution in [0, 0.1) is 27.9 Å². The van der Waals surface area contributed by atoms with Crippen LogP contribution in [0.3, 0.4) is 0 Å². The third-order valence-corrected chi connectivity index (χ3v) is 5.88. The Balaban J connectivity index is 0.00000144. The minimum Gasteiger partial charge on any atom is -0.307 e. The van der Waals surface area contributed by atoms with Crippen molar-refractivity contribution in [2.45, 2.75) is 50.6 Å². The van der Waals surface area contributed by atoms with Gasteiger partial charge in [-0.2, -0.15) is 0 Å². The normalized spacial score (nSPS) is 35.2. The number of nitrogens with one attached hydrogen (secondary N) is 1. The van der Waals surface area contributed by atoms with Crippen LogP contribution in [0.15, 0.2) is 24.3 Å². The van der Waals surface area contributed by atoms with Gasteiger partial charge in [0.25, 0.3) is 5.69 Å². The third kappa shape index (κ3) is 2.81. The second kappa shape index (κ2) is 5.93. The van der Waals surface area contributed by atoms with E-state index < -0.39 is 0 Å². The highest BCUT2D eigenvalue weighted by atomic mass is 79.9. The van der Waals surface area contributed by atoms with Gasteiger partial charge in [-0.1, -0.05) is 18.2 Å². The lowest BCUT2D eigenvalue weighted by atomic mass is 9.53. The Labute approximate surface area is 141 Å². The van der Waals surface area contributed by atoms with Gasteiger partial charge in [0.1, 0.15) is 0 Å². The van der Waals surface area contributed by atoms with Gasteiger partial charge in [0.05, 0.1) is 4.92 Å². The van der Waals surface area contributed by atoms with E-state index in [0.717, 1.165) is 23.3 Å². The number of hydrogen-bond donors (Lipinski definition) is 1. The molecule has 0 aromatic heterocycles. The molecule has 0 heterocycles. The first-order valence-electron chi connectivity index (χ1n) is 8.11. The first kappa shape index (κ1) is 15.9. The summed E-state index contributed by atoms with van der Waals surface area (Å²) in [4.78, 5) is 10.9. The maximum absolute atomic E-state index is 11.1. The number of rotatable bonds is 4. The monoisotopic (exact) mass is 366 g/mol. The Morgan fingerprint density at radius 1 is 1.09 bits per heavy atom. The number of nitro groups is 1. The van der Waals surface area contributed by atoms with Gasteiger partial charge in [0.2, 0.25) is 0 Å². The summed E-state index contributed by atoms with van der Waals surface area (Å²) in [7, 11) is 0. The van der Waals surface area contributed by atoms with Gasteiger partial charge in [-0.15, -0.1) is 17.0 Å². The molecule has 5 rings (SSSR count). The summed E-state index contributed by atoms with van der Waals surface area (Å²) in [5.74, 6) is 2.69. The van der Waals surface area contributed by atoms with Crippen molar-refractivity contribution in [1.82, 2.24) is 5.32 Å². The zero-order valence-corrected chi connectivity index (χ0v) is 14.4. The number of benzene rings is 1. The molecule has 0 unspecified atom stereocenters. The Bertz CT molecular complexity index is 540. The summed E-state index contributed by atoms with van der Waals surface area (Å²) in [6, 6.07) is 7.12. The van der Waals surface area contributed by atoms with Crippen molar-refractivity contribution >= 4 is 22.7 Å². The van der Waals surface area contributed by atoms with Crippen LogP contribution in [0.2, 0.25) is 0 Å². The van der Waals surface area contributed by atoms with Gasteiger partial charge in [0, 0.05) is 23.7 Å². The molecule has 120 valence electrons. The Morgan fingerprint density at radius 3 is 2.18 bits per heavy atom. The molecule has 1 N–H and O–H groups in total. The lowest BCUT2D eigenvalue weighted by Crippen LogP contribution is -2.58. The molecule has 0 spiro atoms. The average Bonchev–Trinajstić information content (AvgIpc) is 2.44. The van der Waals surface area contributed by atoms with Crippen molar-refractivity contribution in [3.05, 3.63) is 39.9 Å². The topological polar surface area (TPSA) is 55.2 Å². The molecule has 4 fully saturated rings. The van der Waals surface area contributed by atoms with Crippen LogP contribution < -0.4 is 5.32 Å². The van der Waals surface area contributed by atoms with Gasteiger partial charge in [-0.05, 0) is 56.3 Å². The van der Waals surface area contributed by atoms with Crippen molar-refractivity contribution in [1.29, 1.82) is 0 Å². The highest BCUT2D eigenvalue weighted by Crippen LogP contribution is 2.55. The molecule has 4 aliphatic carbocycles. The predicted octanol–water partition coefficient (Wildman–Crippen LogP) is 4.23. The molecular weight excluding hydrogens is 344 g/mol. The highest BCUT2D eigenvalue weighted by molar-refractivity contribution is 8.93. The molecule has 0 aliphatic heterocycles. The van der Waals surface area contributed by atoms with E-state index in [9.17, 15) is 10.1 Å². The van der Waals surface area contributed by atoms with Crippen LogP contribution in [-0.2, 0) is 6.54 Å². The Kier molecular flexibility index (Phi) is 4.29. The van der Waals surface area contributed by atoms with Crippen molar-refractivity contribution in [3.8, 4) is 0 Å². The van der Waals surface area contributed by atoms with Crippen molar-refractivity contribution in [2.75, 3.05) is 0 Å². The highest BCUT2D eigenvalue weighted by Gasteiger charge is 2.50. The first-order valence-corrected chi connectivity index (χ1v) is 8.11. The fraction of sp³-hybridized carbons (Fsp3) is 0.647. The lowest BCUT2D eigenvalue weighted by Gasteiger charge is -2.57. The number of halogens is 1. The van der Waals surface area contributed by atoms with E-state index in [2.05, 4.69) is 5.32 Å². The number of nitrogens with zero attached hydrogens (tertiary/aromatic N) is 1. The van der Waals surface area contributed by atoms with Crippen LogP contribution in [0.4, 0.5) is 5.69 Å². The fourth-order valence-corrected chi connectivity index (χ4v) is 5.45. The van der Waals surface area contributed by atoms with E-state index in [1.807, 2.05) is 12.1 Å². The number of para-hydroxylation sites is 1. The van der Waals surface area contributed by atoms with E-state index in [4.69, 9.17) is 0 Å². The molecule has 22 heavy (non-hydrogen) atoms. The summed E-state index contributed by atoms with van der Waals surface area (Å²) in [5, 5.41) is 14.9. The molecular formula is C17H23BrN2O2. The second-order valence-electron chi connectivity index (χ2n) is 7.44. The zero-order valence-electron chi connectivity index (χ0n) is 12.7. The second-order valence-corrected chi connectivity index (χ2v) is 7.44. The van der Waals surface area contributed by atoms with Gasteiger partial charge in [-0.3, -0.25) is 10.1 Å². The van der Waals surface area contributed by atoms with Gasteiger partial charge in [-0.25, -0.2) is 0 Å². The molecule has 4 aliphatic rings. The molecule has 1 aromatic carbocycles. The van der Waals surface area contributed by atoms with Crippen molar-refractivity contribution in [2.24, 2.45) is 17.8 Å². The fourth-order valence-electron chi connectivity index (χ4n) is 5.45. The first-order chi connectivity index (χ1) is 10.1. The molecule has 0 radical (unpaired) electrons. The quantitative estimate of drug-likeness (QED) is 0.640. The van der Waals surface area contributed by atoms with Crippen molar-refractivity contribution in [3.63, 3.8) is 0 Å². The van der Waals surface area contributed by atoms with Gasteiger partial charge >= 0.3 is 0 Å². The summed E-state index contributed by atoms with van der Waals surface area (Å²) >= 11 is 0. The molecule has 0 atom stereocenters. The standard InChI is InChI=1S/C17H22N2O2.BrH/c20-19(21)16-4-2-1-3-15(16)11-18-17-8-12-5-13(9-17)7-14(6-12)10-17;/h1-4,12-14,18H,5-11H2;1H. The van der Waals surface area contributed by atoms with Crippen LogP contribution >= 0.6 is 17.0 Å². The number of hydrogen-bond acceptors (Lipinski definition) is 3. The molecule has 0 amide bonds. The van der Waals surface area contributed by atoms with E-state index in [-0.39, 0.29) is 33.1 Å². The Hall–Kier alpha value is -0.940. The summed E-state index contributed by atoms with van der Waals surface area (Å²) in [5.41, 5.74) is 1.33. The van der Waals surface area contributed by atoms with Crippen LogP contribution in [-0.4, -0.2) is 10.5 Å². The smallest absolute Gasteiger partial charge is 0.273 e. The van der Waals surface area contributed by atoms with Gasteiger partial charge < -0.3 is 5.32 Å². The minimum absolute atomic E-state index is 0. The SMILES string of the molecule is Br.O=[N+]([O-])c1ccccc1CNC12CC3CC(CC(C3)C1)C2. The van der Waals surface area contributed by atoms with E-state index in [1.54, 1.807) is 12.1 Å². The molecule has 1 aromatic rings. The molecule has 4 bridgehead atoms. The zero-order chi connectivity index (χ0) is 14.4. The van der Waals surface area contributed by atoms with Crippen LogP contribution in [0.5, 0.6) is 0 Å². The minimum atomic E-state index is -0.267. The molecule has 0 saturated heterocycles. The molecule has 4 nitrogen and oxygen atoms in total. The maximum atomic E-state index is 11.1. The van der Waals surface area contributed by atoms with Crippen LogP contribution in [0.1, 0.15) is 44.1 Å². The summed E-state index contributed by atoms with van der Waals surface area (Å²) in [6.07, 6.45) is 8.10. The largest absolute Gasteiger partial charge is 0.307 e. The summed E-state index contributed by atoms with van der Waals surface area (Å²) in [6.45, 7) is 0.628. The maximum Gasteiger partial charge on any atom is 0.273 e. The van der Waals surface area contributed by atoms with E-state index >= 15 is 0 Å². The van der Waals surface area contributed by atoms with Crippen molar-refractivity contribution < 1.29 is 4.92 Å². The number of nitro benzene ring substituents is 1. The van der Waals surface area contributed by atoms with Crippen LogP contribution in [0.25, 0.3) is 0 Å². The van der Waals surface area contributed by atoms with Gasteiger partial charge in [0.15, 0.2) is 0 Å². The third-order valence-electron chi connectivity index (χ3n) is 5.88. The van der Waals surface area contributed by atoms with E-state index in [0.29, 0.717) is 6.54 Å². The van der Waals surface area contributed by atoms with E-state index in [1.165, 1.54) is 38.5 Å². The predicted molar refractivity (Wildman–Crippen MR) is 91.2 cm³/mol. The average molecular weight is 367 g/mol. The molecule has 4 saturated carbocycles. The molecule has 5 heteroatoms. The summed E-state index contributed by atoms with van der Waals surface area (Å²) < 4.78 is 0.